The number of carbonyl (C=O) groups excluding carboxylic acids is 1. The molecule has 0 radical (unpaired) electrons. The molecule has 0 unspecified atom stereocenters. The van der Waals surface area contributed by atoms with Crippen molar-refractivity contribution in [1.82, 2.24) is 9.88 Å². The third-order valence-electron chi connectivity index (χ3n) is 4.93. The van der Waals surface area contributed by atoms with Crippen LogP contribution >= 0.6 is 0 Å². The van der Waals surface area contributed by atoms with Crippen LogP contribution in [0.3, 0.4) is 0 Å². The van der Waals surface area contributed by atoms with E-state index in [1.165, 1.54) is 0 Å². The van der Waals surface area contributed by atoms with E-state index in [4.69, 9.17) is 9.47 Å². The molecule has 28 heavy (non-hydrogen) atoms. The highest BCUT2D eigenvalue weighted by atomic mass is 16.5. The van der Waals surface area contributed by atoms with Crippen molar-refractivity contribution in [3.63, 3.8) is 0 Å². The molecule has 6 nitrogen and oxygen atoms in total. The van der Waals surface area contributed by atoms with Crippen molar-refractivity contribution in [3.8, 4) is 11.5 Å². The molecule has 3 rings (SSSR count). The summed E-state index contributed by atoms with van der Waals surface area (Å²) < 4.78 is 11.7. The number of pyridine rings is 1. The molecule has 150 valence electrons. The van der Waals surface area contributed by atoms with Gasteiger partial charge in [-0.1, -0.05) is 32.0 Å². The molecule has 1 amide bonds. The largest absolute Gasteiger partial charge is 0.486 e. The number of benzene rings is 1. The fraction of sp³-hybridized carbons (Fsp3) is 0.455. The van der Waals surface area contributed by atoms with Gasteiger partial charge in [0.25, 0.3) is 5.91 Å². The molecule has 1 aliphatic rings. The molecule has 1 fully saturated rings. The Balaban J connectivity index is 1.67. The topological polar surface area (TPSA) is 71.9 Å². The van der Waals surface area contributed by atoms with Gasteiger partial charge in [-0.3, -0.25) is 9.78 Å². The van der Waals surface area contributed by atoms with Crippen LogP contribution in [0.5, 0.6) is 11.5 Å². The summed E-state index contributed by atoms with van der Waals surface area (Å²) in [5.74, 6) is 1.44. The number of likely N-dealkylation sites (tertiary alicyclic amines) is 1. The zero-order valence-corrected chi connectivity index (χ0v) is 16.5. The lowest BCUT2D eigenvalue weighted by molar-refractivity contribution is -0.150. The molecular formula is C22H28N2O4. The zero-order chi connectivity index (χ0) is 20.0. The minimum atomic E-state index is -0.967. The summed E-state index contributed by atoms with van der Waals surface area (Å²) >= 11 is 0. The maximum absolute atomic E-state index is 12.6. The maximum atomic E-state index is 12.6. The average Bonchev–Trinajstić information content (AvgIpc) is 2.69. The molecule has 2 aromatic rings. The Hall–Kier alpha value is -2.60. The van der Waals surface area contributed by atoms with Gasteiger partial charge in [0.05, 0.1) is 12.7 Å². The van der Waals surface area contributed by atoms with Crippen LogP contribution in [0.2, 0.25) is 0 Å². The number of amides is 1. The highest BCUT2D eigenvalue weighted by molar-refractivity contribution is 5.78. The quantitative estimate of drug-likeness (QED) is 0.795. The zero-order valence-electron chi connectivity index (χ0n) is 16.5. The smallest absolute Gasteiger partial charge is 0.260 e. The van der Waals surface area contributed by atoms with Gasteiger partial charge in [-0.15, -0.1) is 0 Å². The van der Waals surface area contributed by atoms with Crippen molar-refractivity contribution >= 4 is 5.91 Å². The predicted molar refractivity (Wildman–Crippen MR) is 106 cm³/mol. The Bertz CT molecular complexity index is 754. The average molecular weight is 384 g/mol. The summed E-state index contributed by atoms with van der Waals surface area (Å²) in [6, 6.07) is 13.0. The Labute approximate surface area is 166 Å². The first-order chi connectivity index (χ1) is 13.5. The standard InChI is InChI=1S/C22H28N2O4/c1-17(2)13-22(26)10-12-24(15-20(22)28-18-7-4-3-5-8-18)21(25)16-27-19-9-6-11-23-14-19/h3-9,11,14,17,20,26H,10,12-13,15-16H2,1-2H3/t20-,22+/m0/s1. The van der Waals surface area contributed by atoms with E-state index < -0.39 is 11.7 Å². The Morgan fingerprint density at radius 2 is 2.00 bits per heavy atom. The first-order valence-corrected chi connectivity index (χ1v) is 9.71. The van der Waals surface area contributed by atoms with Gasteiger partial charge < -0.3 is 19.5 Å². The Morgan fingerprint density at radius 3 is 2.68 bits per heavy atom. The summed E-state index contributed by atoms with van der Waals surface area (Å²) in [6.45, 7) is 4.90. The fourth-order valence-electron chi connectivity index (χ4n) is 3.60. The van der Waals surface area contributed by atoms with E-state index in [1.54, 1.807) is 29.4 Å². The lowest BCUT2D eigenvalue weighted by atomic mass is 9.81. The van der Waals surface area contributed by atoms with E-state index in [-0.39, 0.29) is 12.5 Å². The second-order valence-corrected chi connectivity index (χ2v) is 7.69. The van der Waals surface area contributed by atoms with Crippen LogP contribution < -0.4 is 9.47 Å². The number of aromatic nitrogens is 1. The first-order valence-electron chi connectivity index (χ1n) is 9.71. The third-order valence-corrected chi connectivity index (χ3v) is 4.93. The highest BCUT2D eigenvalue weighted by Gasteiger charge is 2.44. The van der Waals surface area contributed by atoms with Gasteiger partial charge in [0.15, 0.2) is 6.61 Å². The molecule has 0 saturated carbocycles. The van der Waals surface area contributed by atoms with Crippen LogP contribution in [-0.4, -0.2) is 52.3 Å². The lowest BCUT2D eigenvalue weighted by Crippen LogP contribution is -2.60. The Morgan fingerprint density at radius 1 is 1.25 bits per heavy atom. The van der Waals surface area contributed by atoms with E-state index in [2.05, 4.69) is 18.8 Å². The minimum absolute atomic E-state index is 0.0631. The van der Waals surface area contributed by atoms with Gasteiger partial charge in [0, 0.05) is 12.7 Å². The number of hydrogen-bond donors (Lipinski definition) is 1. The molecule has 0 aliphatic carbocycles. The number of nitrogens with zero attached hydrogens (tertiary/aromatic N) is 2. The van der Waals surface area contributed by atoms with Crippen LogP contribution in [0.4, 0.5) is 0 Å². The van der Waals surface area contributed by atoms with Gasteiger partial charge in [0.2, 0.25) is 0 Å². The number of para-hydroxylation sites is 1. The van der Waals surface area contributed by atoms with Gasteiger partial charge in [-0.2, -0.15) is 0 Å². The van der Waals surface area contributed by atoms with E-state index in [0.717, 1.165) is 0 Å². The summed E-state index contributed by atoms with van der Waals surface area (Å²) in [7, 11) is 0. The van der Waals surface area contributed by atoms with Crippen LogP contribution in [0, 0.1) is 5.92 Å². The molecule has 1 saturated heterocycles. The molecule has 1 aromatic heterocycles. The van der Waals surface area contributed by atoms with E-state index in [9.17, 15) is 9.90 Å². The fourth-order valence-corrected chi connectivity index (χ4v) is 3.60. The minimum Gasteiger partial charge on any atom is -0.486 e. The number of carbonyl (C=O) groups is 1. The molecule has 0 spiro atoms. The monoisotopic (exact) mass is 384 g/mol. The van der Waals surface area contributed by atoms with Crippen LogP contribution in [-0.2, 0) is 4.79 Å². The van der Waals surface area contributed by atoms with Crippen molar-refractivity contribution in [2.45, 2.75) is 38.4 Å². The van der Waals surface area contributed by atoms with Crippen molar-refractivity contribution < 1.29 is 19.4 Å². The highest BCUT2D eigenvalue weighted by Crippen LogP contribution is 2.32. The molecular weight excluding hydrogens is 356 g/mol. The van der Waals surface area contributed by atoms with Crippen molar-refractivity contribution in [2.24, 2.45) is 5.92 Å². The van der Waals surface area contributed by atoms with Gasteiger partial charge >= 0.3 is 0 Å². The molecule has 6 heteroatoms. The van der Waals surface area contributed by atoms with Crippen LogP contribution in [0.15, 0.2) is 54.9 Å². The van der Waals surface area contributed by atoms with Gasteiger partial charge in [0.1, 0.15) is 23.2 Å². The number of piperidine rings is 1. The van der Waals surface area contributed by atoms with Crippen LogP contribution in [0.1, 0.15) is 26.7 Å². The van der Waals surface area contributed by atoms with Gasteiger partial charge in [-0.05, 0) is 43.0 Å². The lowest BCUT2D eigenvalue weighted by Gasteiger charge is -2.45. The maximum Gasteiger partial charge on any atom is 0.260 e. The Kier molecular flexibility index (Phi) is 6.52. The van der Waals surface area contributed by atoms with Crippen molar-refractivity contribution in [1.29, 1.82) is 0 Å². The van der Waals surface area contributed by atoms with E-state index in [0.29, 0.717) is 43.3 Å². The molecule has 1 aliphatic heterocycles. The van der Waals surface area contributed by atoms with Gasteiger partial charge in [-0.25, -0.2) is 0 Å². The summed E-state index contributed by atoms with van der Waals surface area (Å²) in [5.41, 5.74) is -0.967. The summed E-state index contributed by atoms with van der Waals surface area (Å²) in [6.07, 6.45) is 3.83. The SMILES string of the molecule is CC(C)C[C@]1(O)CCN(C(=O)COc2cccnc2)C[C@@H]1Oc1ccccc1. The molecule has 2 atom stereocenters. The third kappa shape index (κ3) is 5.23. The van der Waals surface area contributed by atoms with Crippen molar-refractivity contribution in [3.05, 3.63) is 54.9 Å². The predicted octanol–water partition coefficient (Wildman–Crippen LogP) is 2.92. The molecule has 1 aromatic carbocycles. The number of rotatable bonds is 7. The summed E-state index contributed by atoms with van der Waals surface area (Å²) in [5, 5.41) is 11.3. The second kappa shape index (κ2) is 9.06. The second-order valence-electron chi connectivity index (χ2n) is 7.69. The molecule has 1 N–H and O–H groups in total. The number of ether oxygens (including phenoxy) is 2. The normalized spacial score (nSPS) is 22.1. The molecule has 0 bridgehead atoms. The van der Waals surface area contributed by atoms with Crippen LogP contribution in [0.25, 0.3) is 0 Å². The number of hydrogen-bond acceptors (Lipinski definition) is 5. The van der Waals surface area contributed by atoms with Crippen molar-refractivity contribution in [2.75, 3.05) is 19.7 Å². The summed E-state index contributed by atoms with van der Waals surface area (Å²) in [4.78, 5) is 18.3. The molecule has 2 heterocycles. The first kappa shape index (κ1) is 20.1. The van der Waals surface area contributed by atoms with E-state index in [1.807, 2.05) is 30.3 Å². The number of aliphatic hydroxyl groups is 1. The van der Waals surface area contributed by atoms with E-state index >= 15 is 0 Å².